The van der Waals surface area contributed by atoms with Crippen molar-refractivity contribution in [3.05, 3.63) is 54.1 Å². The van der Waals surface area contributed by atoms with Gasteiger partial charge in [-0.25, -0.2) is 0 Å². The highest BCUT2D eigenvalue weighted by atomic mass is 16.5. The molecular formula is C20H20N2O2. The fourth-order valence-electron chi connectivity index (χ4n) is 2.64. The number of nitriles is 1. The third-order valence-corrected chi connectivity index (χ3v) is 4.29. The Labute approximate surface area is 142 Å². The van der Waals surface area contributed by atoms with Crippen molar-refractivity contribution >= 4 is 5.91 Å². The maximum atomic E-state index is 11.8. The van der Waals surface area contributed by atoms with Gasteiger partial charge in [-0.05, 0) is 61.1 Å². The molecule has 1 saturated carbocycles. The molecule has 1 N–H and O–H groups in total. The van der Waals surface area contributed by atoms with Crippen LogP contribution in [0.3, 0.4) is 0 Å². The van der Waals surface area contributed by atoms with E-state index >= 15 is 0 Å². The van der Waals surface area contributed by atoms with Gasteiger partial charge in [-0.2, -0.15) is 5.26 Å². The van der Waals surface area contributed by atoms with Crippen molar-refractivity contribution in [3.8, 4) is 22.9 Å². The Bertz CT molecular complexity index is 741. The molecule has 1 amide bonds. The molecule has 0 aliphatic heterocycles. The van der Waals surface area contributed by atoms with Gasteiger partial charge < -0.3 is 10.1 Å². The van der Waals surface area contributed by atoms with Crippen molar-refractivity contribution < 1.29 is 9.53 Å². The van der Waals surface area contributed by atoms with Crippen LogP contribution in [0.25, 0.3) is 11.1 Å². The average Bonchev–Trinajstić information content (AvgIpc) is 3.46. The van der Waals surface area contributed by atoms with Crippen LogP contribution >= 0.6 is 0 Å². The van der Waals surface area contributed by atoms with Gasteiger partial charge in [-0.15, -0.1) is 0 Å². The van der Waals surface area contributed by atoms with Gasteiger partial charge in [0, 0.05) is 6.04 Å². The average molecular weight is 320 g/mol. The lowest BCUT2D eigenvalue weighted by molar-refractivity contribution is -0.123. The number of rotatable bonds is 6. The van der Waals surface area contributed by atoms with Crippen LogP contribution in [-0.4, -0.2) is 18.6 Å². The van der Waals surface area contributed by atoms with Crippen LogP contribution in [0, 0.1) is 17.2 Å². The highest BCUT2D eigenvalue weighted by Gasteiger charge is 2.28. The van der Waals surface area contributed by atoms with E-state index in [0.717, 1.165) is 11.1 Å². The molecule has 0 unspecified atom stereocenters. The summed E-state index contributed by atoms with van der Waals surface area (Å²) in [5.41, 5.74) is 2.72. The zero-order valence-corrected chi connectivity index (χ0v) is 13.7. The molecule has 2 aromatic rings. The van der Waals surface area contributed by atoms with Gasteiger partial charge >= 0.3 is 0 Å². The summed E-state index contributed by atoms with van der Waals surface area (Å²) in [6.45, 7) is 2.08. The van der Waals surface area contributed by atoms with Crippen molar-refractivity contribution in [2.75, 3.05) is 6.61 Å². The van der Waals surface area contributed by atoms with Gasteiger partial charge in [0.2, 0.25) is 0 Å². The Morgan fingerprint density at radius 2 is 1.75 bits per heavy atom. The number of amides is 1. The van der Waals surface area contributed by atoms with Gasteiger partial charge in [0.15, 0.2) is 6.61 Å². The second-order valence-electron chi connectivity index (χ2n) is 6.20. The van der Waals surface area contributed by atoms with E-state index in [0.29, 0.717) is 17.2 Å². The summed E-state index contributed by atoms with van der Waals surface area (Å²) in [7, 11) is 0. The van der Waals surface area contributed by atoms with Crippen molar-refractivity contribution in [3.63, 3.8) is 0 Å². The summed E-state index contributed by atoms with van der Waals surface area (Å²) < 4.78 is 5.54. The van der Waals surface area contributed by atoms with Gasteiger partial charge in [-0.3, -0.25) is 4.79 Å². The Kier molecular flexibility index (Phi) is 4.81. The maximum absolute atomic E-state index is 11.8. The summed E-state index contributed by atoms with van der Waals surface area (Å²) >= 11 is 0. The molecule has 4 nitrogen and oxygen atoms in total. The molecule has 4 heteroatoms. The number of hydrogen-bond donors (Lipinski definition) is 1. The summed E-state index contributed by atoms with van der Waals surface area (Å²) in [5, 5.41) is 11.8. The van der Waals surface area contributed by atoms with Crippen LogP contribution in [-0.2, 0) is 4.79 Å². The molecular weight excluding hydrogens is 300 g/mol. The zero-order chi connectivity index (χ0) is 16.9. The number of ether oxygens (including phenoxy) is 1. The molecule has 24 heavy (non-hydrogen) atoms. The van der Waals surface area contributed by atoms with Crippen LogP contribution in [0.4, 0.5) is 0 Å². The van der Waals surface area contributed by atoms with Gasteiger partial charge in [0.05, 0.1) is 11.6 Å². The number of nitrogens with zero attached hydrogens (tertiary/aromatic N) is 1. The van der Waals surface area contributed by atoms with Crippen LogP contribution < -0.4 is 10.1 Å². The van der Waals surface area contributed by atoms with Crippen molar-refractivity contribution in [2.24, 2.45) is 5.92 Å². The number of benzene rings is 2. The highest BCUT2D eigenvalue weighted by molar-refractivity contribution is 5.78. The summed E-state index contributed by atoms with van der Waals surface area (Å²) in [5.74, 6) is 1.23. The molecule has 0 bridgehead atoms. The molecule has 0 aromatic heterocycles. The third-order valence-electron chi connectivity index (χ3n) is 4.29. The molecule has 3 rings (SSSR count). The van der Waals surface area contributed by atoms with Gasteiger partial charge in [0.25, 0.3) is 5.91 Å². The molecule has 1 aliphatic rings. The monoisotopic (exact) mass is 320 g/mol. The molecule has 1 aliphatic carbocycles. The SMILES string of the molecule is C[C@H](NC(=O)COc1ccc(-c2ccc(C#N)cc2)cc1)C1CC1. The smallest absolute Gasteiger partial charge is 0.258 e. The van der Waals surface area contributed by atoms with E-state index in [2.05, 4.69) is 11.4 Å². The fraction of sp³-hybridized carbons (Fsp3) is 0.300. The summed E-state index contributed by atoms with van der Waals surface area (Å²) in [6.07, 6.45) is 2.41. The van der Waals surface area contributed by atoms with E-state index in [9.17, 15) is 4.79 Å². The number of hydrogen-bond acceptors (Lipinski definition) is 3. The first-order chi connectivity index (χ1) is 11.7. The minimum absolute atomic E-state index is 0.0350. The predicted octanol–water partition coefficient (Wildman–Crippen LogP) is 3.52. The quantitative estimate of drug-likeness (QED) is 0.886. The van der Waals surface area contributed by atoms with Crippen LogP contribution in [0.2, 0.25) is 0 Å². The first-order valence-corrected chi connectivity index (χ1v) is 8.18. The summed E-state index contributed by atoms with van der Waals surface area (Å²) in [4.78, 5) is 11.8. The molecule has 1 atom stereocenters. The molecule has 2 aromatic carbocycles. The summed E-state index contributed by atoms with van der Waals surface area (Å²) in [6, 6.07) is 17.4. The Balaban J connectivity index is 1.54. The molecule has 0 spiro atoms. The molecule has 0 heterocycles. The van der Waals surface area contributed by atoms with Gasteiger partial charge in [0.1, 0.15) is 5.75 Å². The Hall–Kier alpha value is -2.80. The minimum Gasteiger partial charge on any atom is -0.484 e. The lowest BCUT2D eigenvalue weighted by Gasteiger charge is -2.13. The van der Waals surface area contributed by atoms with Gasteiger partial charge in [-0.1, -0.05) is 24.3 Å². The minimum atomic E-state index is -0.0782. The van der Waals surface area contributed by atoms with Crippen molar-refractivity contribution in [1.82, 2.24) is 5.32 Å². The maximum Gasteiger partial charge on any atom is 0.258 e. The molecule has 1 fully saturated rings. The normalized spacial score (nSPS) is 14.5. The number of carbonyl (C=O) groups excluding carboxylic acids is 1. The van der Waals surface area contributed by atoms with E-state index in [1.807, 2.05) is 43.3 Å². The Morgan fingerprint density at radius 3 is 2.29 bits per heavy atom. The lowest BCUT2D eigenvalue weighted by atomic mass is 10.0. The third kappa shape index (κ3) is 4.14. The first-order valence-electron chi connectivity index (χ1n) is 8.18. The van der Waals surface area contributed by atoms with E-state index < -0.39 is 0 Å². The predicted molar refractivity (Wildman–Crippen MR) is 92.4 cm³/mol. The lowest BCUT2D eigenvalue weighted by Crippen LogP contribution is -2.37. The van der Waals surface area contributed by atoms with E-state index in [1.165, 1.54) is 12.8 Å². The van der Waals surface area contributed by atoms with E-state index in [1.54, 1.807) is 12.1 Å². The standard InChI is InChI=1S/C20H20N2O2/c1-14(16-6-7-16)22-20(23)13-24-19-10-8-18(9-11-19)17-4-2-15(12-21)3-5-17/h2-5,8-11,14,16H,6-7,13H2,1H3,(H,22,23)/t14-/m0/s1. The molecule has 122 valence electrons. The fourth-order valence-corrected chi connectivity index (χ4v) is 2.64. The second-order valence-corrected chi connectivity index (χ2v) is 6.20. The second kappa shape index (κ2) is 7.18. The molecule has 0 saturated heterocycles. The first kappa shape index (κ1) is 16.1. The highest BCUT2D eigenvalue weighted by Crippen LogP contribution is 2.32. The van der Waals surface area contributed by atoms with Crippen molar-refractivity contribution in [2.45, 2.75) is 25.8 Å². The number of nitrogens with one attached hydrogen (secondary N) is 1. The van der Waals surface area contributed by atoms with Crippen LogP contribution in [0.15, 0.2) is 48.5 Å². The van der Waals surface area contributed by atoms with E-state index in [4.69, 9.17) is 10.00 Å². The molecule has 0 radical (unpaired) electrons. The largest absolute Gasteiger partial charge is 0.484 e. The zero-order valence-electron chi connectivity index (χ0n) is 13.7. The van der Waals surface area contributed by atoms with Crippen molar-refractivity contribution in [1.29, 1.82) is 5.26 Å². The van der Waals surface area contributed by atoms with Crippen LogP contribution in [0.1, 0.15) is 25.3 Å². The Morgan fingerprint density at radius 1 is 1.17 bits per heavy atom. The van der Waals surface area contributed by atoms with Crippen LogP contribution in [0.5, 0.6) is 5.75 Å². The van der Waals surface area contributed by atoms with E-state index in [-0.39, 0.29) is 18.6 Å². The number of carbonyl (C=O) groups is 1. The topological polar surface area (TPSA) is 62.1 Å².